The van der Waals surface area contributed by atoms with E-state index in [9.17, 15) is 9.90 Å². The van der Waals surface area contributed by atoms with E-state index in [-0.39, 0.29) is 5.56 Å². The zero-order chi connectivity index (χ0) is 14.7. The lowest BCUT2D eigenvalue weighted by Crippen LogP contribution is -2.39. The van der Waals surface area contributed by atoms with Crippen LogP contribution in [0.3, 0.4) is 0 Å². The molecule has 5 heteroatoms. The summed E-state index contributed by atoms with van der Waals surface area (Å²) in [6, 6.07) is 5.73. The second-order valence-corrected chi connectivity index (χ2v) is 5.65. The van der Waals surface area contributed by atoms with Crippen molar-refractivity contribution in [3.63, 3.8) is 0 Å². The Labute approximate surface area is 124 Å². The topological polar surface area (TPSA) is 43.8 Å². The predicted molar refractivity (Wildman–Crippen MR) is 82.0 cm³/mol. The fraction of sp³-hybridized carbons (Fsp3) is 0.533. The van der Waals surface area contributed by atoms with Crippen molar-refractivity contribution in [2.24, 2.45) is 0 Å². The molecule has 0 bridgehead atoms. The Morgan fingerprint density at radius 3 is 2.95 bits per heavy atom. The summed E-state index contributed by atoms with van der Waals surface area (Å²) in [6.45, 7) is 5.17. The smallest absolute Gasteiger partial charge is 0.339 e. The van der Waals surface area contributed by atoms with Crippen molar-refractivity contribution < 1.29 is 9.90 Å². The summed E-state index contributed by atoms with van der Waals surface area (Å²) >= 11 is 6.02. The fourth-order valence-corrected chi connectivity index (χ4v) is 3.23. The first kappa shape index (κ1) is 15.1. The Hall–Kier alpha value is -1.26. The average molecular weight is 297 g/mol. The second kappa shape index (κ2) is 6.46. The molecule has 1 aromatic carbocycles. The number of hydrogen-bond acceptors (Lipinski definition) is 3. The number of carboxylic acid groups (broad SMARTS) is 1. The molecule has 1 aromatic rings. The highest BCUT2D eigenvalue weighted by atomic mass is 35.5. The molecule has 0 radical (unpaired) electrons. The average Bonchev–Trinajstić information content (AvgIpc) is 2.85. The van der Waals surface area contributed by atoms with Crippen molar-refractivity contribution in [1.82, 2.24) is 4.90 Å². The zero-order valence-corrected chi connectivity index (χ0v) is 12.7. The first-order valence-electron chi connectivity index (χ1n) is 7.01. The molecule has 0 amide bonds. The molecule has 20 heavy (non-hydrogen) atoms. The summed E-state index contributed by atoms with van der Waals surface area (Å²) in [7, 11) is 1.93. The van der Waals surface area contributed by atoms with Crippen LogP contribution in [0.25, 0.3) is 0 Å². The molecule has 1 fully saturated rings. The molecule has 0 aromatic heterocycles. The molecule has 1 unspecified atom stereocenters. The van der Waals surface area contributed by atoms with Gasteiger partial charge >= 0.3 is 5.97 Å². The molecule has 110 valence electrons. The highest BCUT2D eigenvalue weighted by Crippen LogP contribution is 2.28. The summed E-state index contributed by atoms with van der Waals surface area (Å²) in [5.74, 6) is -0.976. The van der Waals surface area contributed by atoms with Crippen molar-refractivity contribution in [2.45, 2.75) is 25.8 Å². The normalized spacial score (nSPS) is 19.2. The van der Waals surface area contributed by atoms with Crippen molar-refractivity contribution in [2.75, 3.05) is 31.6 Å². The lowest BCUT2D eigenvalue weighted by atomic mass is 10.1. The molecule has 4 nitrogen and oxygen atoms in total. The SMILES string of the molecule is CCN1CCCC1CN(C)c1cccc(Cl)c1C(=O)O. The van der Waals surface area contributed by atoms with E-state index in [0.29, 0.717) is 16.8 Å². The molecule has 0 aliphatic carbocycles. The van der Waals surface area contributed by atoms with Gasteiger partial charge in [0.15, 0.2) is 0 Å². The number of carbonyl (C=O) groups is 1. The largest absolute Gasteiger partial charge is 0.478 e. The molecule has 1 saturated heterocycles. The van der Waals surface area contributed by atoms with Crippen molar-refractivity contribution >= 4 is 23.3 Å². The van der Waals surface area contributed by atoms with Crippen LogP contribution in [0, 0.1) is 0 Å². The minimum absolute atomic E-state index is 0.192. The van der Waals surface area contributed by atoms with Crippen molar-refractivity contribution in [3.8, 4) is 0 Å². The van der Waals surface area contributed by atoms with E-state index in [4.69, 9.17) is 11.6 Å². The molecule has 1 heterocycles. The number of anilines is 1. The van der Waals surface area contributed by atoms with Crippen LogP contribution in [0.5, 0.6) is 0 Å². The third kappa shape index (κ3) is 3.07. The molecular formula is C15H21ClN2O2. The van der Waals surface area contributed by atoms with Gasteiger partial charge in [-0.15, -0.1) is 0 Å². The summed E-state index contributed by atoms with van der Waals surface area (Å²) in [6.07, 6.45) is 2.38. The third-order valence-corrected chi connectivity index (χ3v) is 4.32. The number of hydrogen-bond donors (Lipinski definition) is 1. The maximum absolute atomic E-state index is 11.4. The van der Waals surface area contributed by atoms with Gasteiger partial charge in [-0.05, 0) is 38.1 Å². The Morgan fingerprint density at radius 1 is 1.55 bits per heavy atom. The second-order valence-electron chi connectivity index (χ2n) is 5.24. The van der Waals surface area contributed by atoms with Crippen LogP contribution in [0.15, 0.2) is 18.2 Å². The first-order chi connectivity index (χ1) is 9.54. The van der Waals surface area contributed by atoms with E-state index >= 15 is 0 Å². The fourth-order valence-electron chi connectivity index (χ4n) is 2.98. The molecule has 1 aliphatic rings. The Kier molecular flexibility index (Phi) is 4.89. The molecule has 0 saturated carbocycles. The first-order valence-corrected chi connectivity index (χ1v) is 7.39. The molecule has 2 rings (SSSR count). The van der Waals surface area contributed by atoms with Crippen LogP contribution >= 0.6 is 11.6 Å². The number of nitrogens with zero attached hydrogens (tertiary/aromatic N) is 2. The van der Waals surface area contributed by atoms with Crippen LogP contribution in [-0.2, 0) is 0 Å². The highest BCUT2D eigenvalue weighted by Gasteiger charge is 2.26. The number of aromatic carboxylic acids is 1. The maximum atomic E-state index is 11.4. The van der Waals surface area contributed by atoms with E-state index in [2.05, 4.69) is 11.8 Å². The Balaban J connectivity index is 2.19. The van der Waals surface area contributed by atoms with E-state index in [1.807, 2.05) is 18.0 Å². The number of rotatable bonds is 5. The van der Waals surface area contributed by atoms with Gasteiger partial charge in [0, 0.05) is 19.6 Å². The highest BCUT2D eigenvalue weighted by molar-refractivity contribution is 6.34. The number of likely N-dealkylation sites (N-methyl/N-ethyl adjacent to an activating group) is 2. The predicted octanol–water partition coefficient (Wildman–Crippen LogP) is 2.96. The zero-order valence-electron chi connectivity index (χ0n) is 12.0. The lowest BCUT2D eigenvalue weighted by Gasteiger charge is -2.29. The van der Waals surface area contributed by atoms with Gasteiger partial charge < -0.3 is 10.0 Å². The summed E-state index contributed by atoms with van der Waals surface area (Å²) in [5.41, 5.74) is 0.880. The number of carboxylic acids is 1. The monoisotopic (exact) mass is 296 g/mol. The Bertz CT molecular complexity index is 493. The van der Waals surface area contributed by atoms with Crippen molar-refractivity contribution in [3.05, 3.63) is 28.8 Å². The van der Waals surface area contributed by atoms with Crippen LogP contribution in [0.4, 0.5) is 5.69 Å². The van der Waals surface area contributed by atoms with Gasteiger partial charge in [-0.1, -0.05) is 24.6 Å². The molecule has 1 aliphatic heterocycles. The van der Waals surface area contributed by atoms with Gasteiger partial charge in [0.25, 0.3) is 0 Å². The van der Waals surface area contributed by atoms with Crippen molar-refractivity contribution in [1.29, 1.82) is 0 Å². The standard InChI is InChI=1S/C15H21ClN2O2/c1-3-18-9-5-6-11(18)10-17(2)13-8-4-7-12(16)14(13)15(19)20/h4,7-8,11H,3,5-6,9-10H2,1-2H3,(H,19,20). The number of likely N-dealkylation sites (tertiary alicyclic amines) is 1. The van der Waals surface area contributed by atoms with Crippen LogP contribution in [0.2, 0.25) is 5.02 Å². The van der Waals surface area contributed by atoms with E-state index in [0.717, 1.165) is 19.6 Å². The summed E-state index contributed by atoms with van der Waals surface area (Å²) in [5, 5.41) is 9.63. The Morgan fingerprint density at radius 2 is 2.30 bits per heavy atom. The summed E-state index contributed by atoms with van der Waals surface area (Å²) < 4.78 is 0. The lowest BCUT2D eigenvalue weighted by molar-refractivity contribution is 0.0697. The molecular weight excluding hydrogens is 276 g/mol. The van der Waals surface area contributed by atoms with Gasteiger partial charge in [0.05, 0.1) is 10.7 Å². The van der Waals surface area contributed by atoms with Gasteiger partial charge in [0.1, 0.15) is 5.56 Å². The van der Waals surface area contributed by atoms with Crippen LogP contribution < -0.4 is 4.90 Å². The number of benzene rings is 1. The van der Waals surface area contributed by atoms with Crippen LogP contribution in [-0.4, -0.2) is 48.7 Å². The van der Waals surface area contributed by atoms with E-state index in [1.165, 1.54) is 12.8 Å². The minimum atomic E-state index is -0.976. The molecule has 1 N–H and O–H groups in total. The van der Waals surface area contributed by atoms with Gasteiger partial charge in [0.2, 0.25) is 0 Å². The van der Waals surface area contributed by atoms with Gasteiger partial charge in [-0.2, -0.15) is 0 Å². The quantitative estimate of drug-likeness (QED) is 0.907. The maximum Gasteiger partial charge on any atom is 0.339 e. The van der Waals surface area contributed by atoms with Gasteiger partial charge in [-0.3, -0.25) is 4.90 Å². The minimum Gasteiger partial charge on any atom is -0.478 e. The van der Waals surface area contributed by atoms with Crippen LogP contribution in [0.1, 0.15) is 30.1 Å². The van der Waals surface area contributed by atoms with E-state index < -0.39 is 5.97 Å². The molecule has 0 spiro atoms. The number of halogens is 1. The molecule has 1 atom stereocenters. The summed E-state index contributed by atoms with van der Waals surface area (Å²) in [4.78, 5) is 15.8. The van der Waals surface area contributed by atoms with Gasteiger partial charge in [-0.25, -0.2) is 4.79 Å². The van der Waals surface area contributed by atoms with E-state index in [1.54, 1.807) is 12.1 Å². The third-order valence-electron chi connectivity index (χ3n) is 4.01.